The van der Waals surface area contributed by atoms with Crippen LogP contribution in [0.2, 0.25) is 0 Å². The van der Waals surface area contributed by atoms with Gasteiger partial charge in [0.05, 0.1) is 0 Å². The van der Waals surface area contributed by atoms with Gasteiger partial charge in [-0.3, -0.25) is 5.01 Å². The first-order chi connectivity index (χ1) is 5.16. The molecule has 0 amide bonds. The summed E-state index contributed by atoms with van der Waals surface area (Å²) < 4.78 is 0. The van der Waals surface area contributed by atoms with E-state index in [1.165, 1.54) is 5.82 Å². The second kappa shape index (κ2) is 2.95. The van der Waals surface area contributed by atoms with Gasteiger partial charge >= 0.3 is 0 Å². The van der Waals surface area contributed by atoms with Gasteiger partial charge < -0.3 is 4.90 Å². The Labute approximate surface area is 68.0 Å². The van der Waals surface area contributed by atoms with Crippen molar-refractivity contribution in [2.24, 2.45) is 5.10 Å². The zero-order chi connectivity index (χ0) is 8.43. The van der Waals surface area contributed by atoms with Gasteiger partial charge in [-0.1, -0.05) is 6.92 Å². The fourth-order valence-corrected chi connectivity index (χ4v) is 1.17. The maximum absolute atomic E-state index is 4.28. The summed E-state index contributed by atoms with van der Waals surface area (Å²) in [6, 6.07) is 0. The van der Waals surface area contributed by atoms with E-state index in [1.54, 1.807) is 0 Å². The third-order valence-electron chi connectivity index (χ3n) is 1.84. The van der Waals surface area contributed by atoms with Crippen LogP contribution < -0.4 is 0 Å². The van der Waals surface area contributed by atoms with Crippen molar-refractivity contribution < 1.29 is 0 Å². The van der Waals surface area contributed by atoms with Crippen LogP contribution in [0.25, 0.3) is 0 Å². The summed E-state index contributed by atoms with van der Waals surface area (Å²) in [5, 5.41) is 6.18. The molecule has 0 spiro atoms. The number of allylic oxidation sites excluding steroid dienone is 1. The molecule has 0 atom stereocenters. The van der Waals surface area contributed by atoms with E-state index in [2.05, 4.69) is 23.0 Å². The Morgan fingerprint density at radius 2 is 2.09 bits per heavy atom. The lowest BCUT2D eigenvalue weighted by atomic mass is 10.4. The zero-order valence-electron chi connectivity index (χ0n) is 7.63. The number of amidine groups is 1. The van der Waals surface area contributed by atoms with E-state index in [9.17, 15) is 0 Å². The smallest absolute Gasteiger partial charge is 0.127 e. The summed E-state index contributed by atoms with van der Waals surface area (Å²) in [5.74, 6) is 2.22. The molecule has 62 valence electrons. The highest BCUT2D eigenvalue weighted by Gasteiger charge is 2.18. The fraction of sp³-hybridized carbons (Fsp3) is 0.625. The lowest BCUT2D eigenvalue weighted by molar-refractivity contribution is 0.397. The SMILES string of the molecule is CC/C=C1\N(C)N=C(C)N1C. The van der Waals surface area contributed by atoms with Crippen LogP contribution in [0.15, 0.2) is 17.0 Å². The molecule has 0 aliphatic carbocycles. The third kappa shape index (κ3) is 1.37. The molecule has 0 fully saturated rings. The molecule has 0 radical (unpaired) electrons. The third-order valence-corrected chi connectivity index (χ3v) is 1.84. The topological polar surface area (TPSA) is 18.8 Å². The van der Waals surface area contributed by atoms with Gasteiger partial charge in [0.2, 0.25) is 0 Å². The normalized spacial score (nSPS) is 21.5. The number of hydrogen-bond donors (Lipinski definition) is 0. The summed E-state index contributed by atoms with van der Waals surface area (Å²) in [6.45, 7) is 4.13. The molecular formula is C8H15N3. The summed E-state index contributed by atoms with van der Waals surface area (Å²) >= 11 is 0. The Kier molecular flexibility index (Phi) is 2.17. The van der Waals surface area contributed by atoms with Crippen molar-refractivity contribution in [1.29, 1.82) is 0 Å². The van der Waals surface area contributed by atoms with Gasteiger partial charge in [0.25, 0.3) is 0 Å². The van der Waals surface area contributed by atoms with Crippen molar-refractivity contribution in [1.82, 2.24) is 9.91 Å². The minimum Gasteiger partial charge on any atom is -0.317 e. The van der Waals surface area contributed by atoms with Crippen LogP contribution in [0.5, 0.6) is 0 Å². The molecule has 1 aliphatic heterocycles. The summed E-state index contributed by atoms with van der Waals surface area (Å²) in [4.78, 5) is 2.09. The van der Waals surface area contributed by atoms with E-state index in [0.717, 1.165) is 12.3 Å². The first kappa shape index (κ1) is 8.11. The molecule has 0 unspecified atom stereocenters. The second-order valence-corrected chi connectivity index (χ2v) is 2.70. The Balaban J connectivity index is 2.80. The Morgan fingerprint density at radius 3 is 2.45 bits per heavy atom. The van der Waals surface area contributed by atoms with Gasteiger partial charge in [0, 0.05) is 14.1 Å². The average molecular weight is 153 g/mol. The fourth-order valence-electron chi connectivity index (χ4n) is 1.17. The number of nitrogens with zero attached hydrogens (tertiary/aromatic N) is 3. The standard InChI is InChI=1S/C8H15N3/c1-5-6-8-10(3)7(2)9-11(8)4/h6H,5H2,1-4H3/b8-6-. The van der Waals surface area contributed by atoms with Crippen molar-refractivity contribution in [3.8, 4) is 0 Å². The maximum Gasteiger partial charge on any atom is 0.127 e. The Morgan fingerprint density at radius 1 is 1.45 bits per heavy atom. The predicted molar refractivity (Wildman–Crippen MR) is 47.0 cm³/mol. The molecule has 0 bridgehead atoms. The van der Waals surface area contributed by atoms with Crippen molar-refractivity contribution >= 4 is 5.84 Å². The molecule has 1 heterocycles. The van der Waals surface area contributed by atoms with Gasteiger partial charge in [-0.2, -0.15) is 5.10 Å². The molecule has 1 rings (SSSR count). The van der Waals surface area contributed by atoms with E-state index < -0.39 is 0 Å². The van der Waals surface area contributed by atoms with Crippen molar-refractivity contribution in [2.45, 2.75) is 20.3 Å². The number of rotatable bonds is 1. The van der Waals surface area contributed by atoms with Gasteiger partial charge in [0.15, 0.2) is 0 Å². The largest absolute Gasteiger partial charge is 0.317 e. The molecule has 3 nitrogen and oxygen atoms in total. The molecule has 0 aromatic heterocycles. The van der Waals surface area contributed by atoms with Crippen LogP contribution in [0.4, 0.5) is 0 Å². The van der Waals surface area contributed by atoms with Crippen LogP contribution in [0.1, 0.15) is 20.3 Å². The second-order valence-electron chi connectivity index (χ2n) is 2.70. The van der Waals surface area contributed by atoms with Crippen LogP contribution in [-0.4, -0.2) is 29.8 Å². The van der Waals surface area contributed by atoms with Crippen molar-refractivity contribution in [3.63, 3.8) is 0 Å². The summed E-state index contributed by atoms with van der Waals surface area (Å²) in [5.41, 5.74) is 0. The zero-order valence-corrected chi connectivity index (χ0v) is 7.63. The summed E-state index contributed by atoms with van der Waals surface area (Å²) in [6.07, 6.45) is 3.22. The van der Waals surface area contributed by atoms with E-state index in [-0.39, 0.29) is 0 Å². The van der Waals surface area contributed by atoms with Crippen LogP contribution in [0, 0.1) is 0 Å². The van der Waals surface area contributed by atoms with E-state index in [4.69, 9.17) is 0 Å². The average Bonchev–Trinajstić information content (AvgIpc) is 2.17. The quantitative estimate of drug-likeness (QED) is 0.567. The van der Waals surface area contributed by atoms with Crippen LogP contribution in [-0.2, 0) is 0 Å². The Bertz CT molecular complexity index is 205. The molecule has 0 saturated carbocycles. The van der Waals surface area contributed by atoms with Crippen molar-refractivity contribution in [3.05, 3.63) is 11.9 Å². The van der Waals surface area contributed by atoms with Gasteiger partial charge in [0.1, 0.15) is 11.7 Å². The first-order valence-corrected chi connectivity index (χ1v) is 3.89. The summed E-state index contributed by atoms with van der Waals surface area (Å²) in [7, 11) is 4.00. The highest BCUT2D eigenvalue weighted by molar-refractivity contribution is 5.82. The highest BCUT2D eigenvalue weighted by Crippen LogP contribution is 2.15. The monoisotopic (exact) mass is 153 g/mol. The lowest BCUT2D eigenvalue weighted by Gasteiger charge is -2.16. The van der Waals surface area contributed by atoms with Crippen LogP contribution in [0.3, 0.4) is 0 Å². The predicted octanol–water partition coefficient (Wildman–Crippen LogP) is 1.45. The maximum atomic E-state index is 4.28. The van der Waals surface area contributed by atoms with Crippen LogP contribution >= 0.6 is 0 Å². The van der Waals surface area contributed by atoms with Crippen molar-refractivity contribution in [2.75, 3.05) is 14.1 Å². The minimum atomic E-state index is 1.05. The van der Waals surface area contributed by atoms with Gasteiger partial charge in [-0.15, -0.1) is 0 Å². The molecule has 0 aromatic rings. The molecule has 0 N–H and O–H groups in total. The molecule has 11 heavy (non-hydrogen) atoms. The van der Waals surface area contributed by atoms with E-state index >= 15 is 0 Å². The van der Waals surface area contributed by atoms with E-state index in [1.807, 2.05) is 26.0 Å². The molecule has 1 aliphatic rings. The number of hydrazone groups is 1. The minimum absolute atomic E-state index is 1.05. The first-order valence-electron chi connectivity index (χ1n) is 3.89. The van der Waals surface area contributed by atoms with Gasteiger partial charge in [-0.05, 0) is 19.4 Å². The van der Waals surface area contributed by atoms with Gasteiger partial charge in [-0.25, -0.2) is 0 Å². The molecule has 3 heteroatoms. The molecular weight excluding hydrogens is 138 g/mol. The Hall–Kier alpha value is -0.990. The molecule has 0 aromatic carbocycles. The molecule has 0 saturated heterocycles. The lowest BCUT2D eigenvalue weighted by Crippen LogP contribution is -2.21. The number of hydrogen-bond acceptors (Lipinski definition) is 3. The highest BCUT2D eigenvalue weighted by atomic mass is 15.6. The van der Waals surface area contributed by atoms with E-state index in [0.29, 0.717) is 0 Å².